The SMILES string of the molecule is C[Si](C)(C)C1=CCC(CC2c3cc(Br)ccc3-c3ccc(Br)cc32)=C1. The van der Waals surface area contributed by atoms with Crippen molar-refractivity contribution in [1.82, 2.24) is 0 Å². The van der Waals surface area contributed by atoms with E-state index in [-0.39, 0.29) is 0 Å². The highest BCUT2D eigenvalue weighted by Gasteiger charge is 2.30. The number of allylic oxidation sites excluding steroid dienone is 4. The van der Waals surface area contributed by atoms with Crippen molar-refractivity contribution in [2.24, 2.45) is 0 Å². The van der Waals surface area contributed by atoms with E-state index in [1.807, 2.05) is 0 Å². The van der Waals surface area contributed by atoms with E-state index < -0.39 is 8.07 Å². The van der Waals surface area contributed by atoms with E-state index in [1.165, 1.54) is 31.2 Å². The van der Waals surface area contributed by atoms with Crippen LogP contribution in [0.1, 0.15) is 29.9 Å². The molecule has 128 valence electrons. The Kier molecular flexibility index (Phi) is 4.46. The molecule has 0 bridgehead atoms. The van der Waals surface area contributed by atoms with Crippen LogP contribution in [-0.4, -0.2) is 8.07 Å². The molecule has 4 rings (SSSR count). The van der Waals surface area contributed by atoms with Crippen LogP contribution in [0, 0.1) is 0 Å². The van der Waals surface area contributed by atoms with Crippen LogP contribution < -0.4 is 0 Å². The lowest BCUT2D eigenvalue weighted by atomic mass is 9.90. The van der Waals surface area contributed by atoms with Crippen molar-refractivity contribution < 1.29 is 0 Å². The summed E-state index contributed by atoms with van der Waals surface area (Å²) in [6, 6.07) is 13.5. The van der Waals surface area contributed by atoms with Crippen molar-refractivity contribution >= 4 is 39.9 Å². The van der Waals surface area contributed by atoms with Crippen molar-refractivity contribution in [2.75, 3.05) is 0 Å². The quantitative estimate of drug-likeness (QED) is 0.398. The second-order valence-electron chi connectivity index (χ2n) is 8.14. The van der Waals surface area contributed by atoms with Gasteiger partial charge in [0.1, 0.15) is 0 Å². The monoisotopic (exact) mass is 472 g/mol. The Labute approximate surface area is 168 Å². The molecule has 0 amide bonds. The van der Waals surface area contributed by atoms with Crippen molar-refractivity contribution in [3.63, 3.8) is 0 Å². The molecule has 0 nitrogen and oxygen atoms in total. The lowest BCUT2D eigenvalue weighted by Gasteiger charge is -2.17. The molecule has 2 aromatic rings. The van der Waals surface area contributed by atoms with Gasteiger partial charge in [0, 0.05) is 14.9 Å². The highest BCUT2D eigenvalue weighted by atomic mass is 79.9. The molecule has 0 atom stereocenters. The van der Waals surface area contributed by atoms with E-state index in [4.69, 9.17) is 0 Å². The molecular weight excluding hydrogens is 452 g/mol. The molecule has 0 fully saturated rings. The van der Waals surface area contributed by atoms with Gasteiger partial charge in [-0.15, -0.1) is 0 Å². The number of hydrogen-bond donors (Lipinski definition) is 0. The van der Waals surface area contributed by atoms with Crippen molar-refractivity contribution in [3.8, 4) is 11.1 Å². The molecule has 2 aromatic carbocycles. The predicted octanol–water partition coefficient (Wildman–Crippen LogP) is 7.85. The van der Waals surface area contributed by atoms with Crippen LogP contribution in [0.15, 0.2) is 68.3 Å². The molecule has 0 heterocycles. The predicted molar refractivity (Wildman–Crippen MR) is 118 cm³/mol. The van der Waals surface area contributed by atoms with Gasteiger partial charge < -0.3 is 0 Å². The molecule has 0 aliphatic heterocycles. The van der Waals surface area contributed by atoms with Gasteiger partial charge in [0.05, 0.1) is 8.07 Å². The van der Waals surface area contributed by atoms with Crippen LogP contribution in [0.3, 0.4) is 0 Å². The molecule has 0 aromatic heterocycles. The zero-order valence-electron chi connectivity index (χ0n) is 14.9. The lowest BCUT2D eigenvalue weighted by molar-refractivity contribution is 0.804. The number of hydrogen-bond acceptors (Lipinski definition) is 0. The molecular formula is C22H22Br2Si. The van der Waals surface area contributed by atoms with Gasteiger partial charge in [-0.25, -0.2) is 0 Å². The van der Waals surface area contributed by atoms with E-state index >= 15 is 0 Å². The molecule has 0 saturated heterocycles. The maximum atomic E-state index is 3.67. The highest BCUT2D eigenvalue weighted by Crippen LogP contribution is 2.49. The average molecular weight is 474 g/mol. The Balaban J connectivity index is 1.73. The van der Waals surface area contributed by atoms with Crippen LogP contribution in [-0.2, 0) is 0 Å². The Hall–Kier alpha value is -0.903. The molecule has 0 radical (unpaired) electrons. The zero-order valence-corrected chi connectivity index (χ0v) is 19.0. The van der Waals surface area contributed by atoms with Crippen molar-refractivity contribution in [2.45, 2.75) is 38.4 Å². The average Bonchev–Trinajstić information content (AvgIpc) is 3.11. The van der Waals surface area contributed by atoms with Gasteiger partial charge in [-0.3, -0.25) is 0 Å². The van der Waals surface area contributed by atoms with Gasteiger partial charge in [0.2, 0.25) is 0 Å². The van der Waals surface area contributed by atoms with Gasteiger partial charge in [0.25, 0.3) is 0 Å². The van der Waals surface area contributed by atoms with E-state index in [1.54, 1.807) is 10.8 Å². The summed E-state index contributed by atoms with van der Waals surface area (Å²) in [4.78, 5) is 0. The summed E-state index contributed by atoms with van der Waals surface area (Å²) in [6.07, 6.45) is 7.22. The van der Waals surface area contributed by atoms with Crippen LogP contribution in [0.5, 0.6) is 0 Å². The first-order valence-electron chi connectivity index (χ1n) is 8.82. The lowest BCUT2D eigenvalue weighted by Crippen LogP contribution is -2.21. The van der Waals surface area contributed by atoms with Gasteiger partial charge in [-0.2, -0.15) is 0 Å². The minimum Gasteiger partial charge on any atom is -0.0812 e. The third-order valence-corrected chi connectivity index (χ3v) is 8.41. The smallest absolute Gasteiger partial charge is 0.0771 e. The minimum absolute atomic E-state index is 0.459. The highest BCUT2D eigenvalue weighted by molar-refractivity contribution is 9.10. The molecule has 2 aliphatic carbocycles. The zero-order chi connectivity index (χ0) is 17.8. The summed E-state index contributed by atoms with van der Waals surface area (Å²) >= 11 is 7.34. The first-order chi connectivity index (χ1) is 11.8. The first kappa shape index (κ1) is 17.5. The van der Waals surface area contributed by atoms with Gasteiger partial charge in [-0.05, 0) is 59.4 Å². The fraction of sp³-hybridized carbons (Fsp3) is 0.273. The second-order valence-corrected chi connectivity index (χ2v) is 15.0. The van der Waals surface area contributed by atoms with E-state index in [0.717, 1.165) is 12.8 Å². The standard InChI is InChI=1S/C22H22Br2Si/c1-25(2,3)17-7-4-14(10-17)11-20-21-12-15(23)5-8-18(21)19-9-6-16(24)13-22(19)20/h5-10,12-13,20H,4,11H2,1-3H3. The molecule has 3 heteroatoms. The summed E-state index contributed by atoms with van der Waals surface area (Å²) in [5.74, 6) is 0.459. The van der Waals surface area contributed by atoms with Crippen LogP contribution in [0.4, 0.5) is 0 Å². The third kappa shape index (κ3) is 3.27. The third-order valence-electron chi connectivity index (χ3n) is 5.34. The summed E-state index contributed by atoms with van der Waals surface area (Å²) in [7, 11) is -1.21. The number of benzene rings is 2. The summed E-state index contributed by atoms with van der Waals surface area (Å²) in [5.41, 5.74) is 7.30. The Morgan fingerprint density at radius 2 is 1.48 bits per heavy atom. The fourth-order valence-electron chi connectivity index (χ4n) is 4.03. The molecule has 0 N–H and O–H groups in total. The Morgan fingerprint density at radius 1 is 0.920 bits per heavy atom. The molecule has 2 aliphatic rings. The van der Waals surface area contributed by atoms with Crippen LogP contribution >= 0.6 is 31.9 Å². The first-order valence-corrected chi connectivity index (χ1v) is 13.9. The Bertz CT molecular complexity index is 865. The number of fused-ring (bicyclic) bond motifs is 3. The molecule has 0 spiro atoms. The summed E-state index contributed by atoms with van der Waals surface area (Å²) in [6.45, 7) is 7.31. The van der Waals surface area contributed by atoms with E-state index in [2.05, 4.69) is 100 Å². The largest absolute Gasteiger partial charge is 0.0812 e. The fourth-order valence-corrected chi connectivity index (χ4v) is 6.14. The minimum atomic E-state index is -1.21. The molecule has 0 saturated carbocycles. The second kappa shape index (κ2) is 6.36. The summed E-state index contributed by atoms with van der Waals surface area (Å²) in [5, 5.41) is 1.62. The van der Waals surface area contributed by atoms with Crippen LogP contribution in [0.25, 0.3) is 11.1 Å². The number of halogens is 2. The number of rotatable bonds is 3. The van der Waals surface area contributed by atoms with Crippen molar-refractivity contribution in [1.29, 1.82) is 0 Å². The van der Waals surface area contributed by atoms with Gasteiger partial charge in [0.15, 0.2) is 0 Å². The molecule has 0 unspecified atom stereocenters. The maximum absolute atomic E-state index is 3.67. The topological polar surface area (TPSA) is 0 Å². The normalized spacial score (nSPS) is 16.5. The van der Waals surface area contributed by atoms with Crippen molar-refractivity contribution in [3.05, 3.63) is 79.4 Å². The van der Waals surface area contributed by atoms with Gasteiger partial charge >= 0.3 is 0 Å². The van der Waals surface area contributed by atoms with E-state index in [0.29, 0.717) is 5.92 Å². The maximum Gasteiger partial charge on any atom is 0.0771 e. The van der Waals surface area contributed by atoms with Gasteiger partial charge in [-0.1, -0.05) is 86.6 Å². The Morgan fingerprint density at radius 3 is 1.96 bits per heavy atom. The molecule has 25 heavy (non-hydrogen) atoms. The van der Waals surface area contributed by atoms with E-state index in [9.17, 15) is 0 Å². The summed E-state index contributed by atoms with van der Waals surface area (Å²) < 4.78 is 2.34. The van der Waals surface area contributed by atoms with Crippen LogP contribution in [0.2, 0.25) is 19.6 Å².